The molecule has 0 fully saturated rings. The van der Waals surface area contributed by atoms with E-state index in [4.69, 9.17) is 4.74 Å². The van der Waals surface area contributed by atoms with E-state index < -0.39 is 22.1 Å². The molecule has 3 rings (SSSR count). The Kier molecular flexibility index (Phi) is 5.32. The number of aryl methyl sites for hydroxylation is 2. The third-order valence-corrected chi connectivity index (χ3v) is 5.07. The van der Waals surface area contributed by atoms with Gasteiger partial charge in [-0.25, -0.2) is 13.2 Å². The molecular formula is C20H21NO5S. The lowest BCUT2D eigenvalue weighted by Gasteiger charge is -2.13. The van der Waals surface area contributed by atoms with Crippen LogP contribution >= 0.6 is 0 Å². The number of Topliss-reactive ketones (excluding diaryl/α,β-unsaturated/α-hetero) is 1. The second-order valence-corrected chi connectivity index (χ2v) is 8.45. The number of hydrogen-bond donors (Lipinski definition) is 1. The molecule has 0 aromatic heterocycles. The van der Waals surface area contributed by atoms with Gasteiger partial charge < -0.3 is 4.74 Å². The number of ether oxygens (including phenoxy) is 1. The summed E-state index contributed by atoms with van der Waals surface area (Å²) >= 11 is 0. The predicted molar refractivity (Wildman–Crippen MR) is 103 cm³/mol. The van der Waals surface area contributed by atoms with E-state index in [-0.39, 0.29) is 5.78 Å². The first-order valence-electron chi connectivity index (χ1n) is 8.68. The molecule has 0 saturated heterocycles. The zero-order valence-corrected chi connectivity index (χ0v) is 16.0. The van der Waals surface area contributed by atoms with Crippen LogP contribution in [-0.4, -0.2) is 32.5 Å². The summed E-state index contributed by atoms with van der Waals surface area (Å²) < 4.78 is 30.1. The van der Waals surface area contributed by atoms with E-state index in [1.54, 1.807) is 6.07 Å². The Hall–Kier alpha value is -2.67. The van der Waals surface area contributed by atoms with Crippen LogP contribution in [0.4, 0.5) is 5.69 Å². The number of nitrogens with one attached hydrogen (secondary N) is 1. The fourth-order valence-corrected chi connectivity index (χ4v) is 3.70. The van der Waals surface area contributed by atoms with Crippen molar-refractivity contribution in [2.75, 3.05) is 11.0 Å². The van der Waals surface area contributed by atoms with Gasteiger partial charge in [-0.3, -0.25) is 9.52 Å². The van der Waals surface area contributed by atoms with Gasteiger partial charge in [-0.05, 0) is 73.7 Å². The van der Waals surface area contributed by atoms with Crippen LogP contribution in [0, 0.1) is 0 Å². The van der Waals surface area contributed by atoms with Crippen molar-refractivity contribution >= 4 is 27.5 Å². The molecule has 0 heterocycles. The van der Waals surface area contributed by atoms with Gasteiger partial charge in [-0.1, -0.05) is 6.07 Å². The summed E-state index contributed by atoms with van der Waals surface area (Å²) in [5, 5.41) is 0. The van der Waals surface area contributed by atoms with Crippen molar-refractivity contribution in [3.8, 4) is 0 Å². The van der Waals surface area contributed by atoms with Crippen LogP contribution in [0.5, 0.6) is 0 Å². The topological polar surface area (TPSA) is 89.5 Å². The summed E-state index contributed by atoms with van der Waals surface area (Å²) in [5.41, 5.74) is 3.57. The quantitative estimate of drug-likeness (QED) is 0.608. The first-order chi connectivity index (χ1) is 12.7. The molecule has 1 atom stereocenters. The number of benzene rings is 2. The zero-order chi connectivity index (χ0) is 19.6. The number of carbonyl (C=O) groups excluding carboxylic acids is 2. The molecule has 0 amide bonds. The van der Waals surface area contributed by atoms with Gasteiger partial charge in [0.2, 0.25) is 15.8 Å². The van der Waals surface area contributed by atoms with E-state index in [0.717, 1.165) is 31.1 Å². The molecular weight excluding hydrogens is 366 g/mol. The number of esters is 1. The first kappa shape index (κ1) is 19.1. The van der Waals surface area contributed by atoms with Crippen LogP contribution in [0.3, 0.4) is 0 Å². The third-order valence-electron chi connectivity index (χ3n) is 4.46. The highest BCUT2D eigenvalue weighted by Crippen LogP contribution is 2.23. The SMILES string of the molecule is C[C@H](OC(=O)c1ccc2c(c1)CCC2)C(=O)c1ccc(NS(C)(=O)=O)cc1. The molecule has 2 aromatic rings. The Bertz CT molecular complexity index is 980. The molecule has 2 aromatic carbocycles. The number of ketones is 1. The van der Waals surface area contributed by atoms with E-state index in [0.29, 0.717) is 16.8 Å². The van der Waals surface area contributed by atoms with Crippen molar-refractivity contribution in [1.82, 2.24) is 0 Å². The van der Waals surface area contributed by atoms with Gasteiger partial charge in [0.15, 0.2) is 6.10 Å². The molecule has 0 bridgehead atoms. The Morgan fingerprint density at radius 2 is 1.63 bits per heavy atom. The summed E-state index contributed by atoms with van der Waals surface area (Å²) in [7, 11) is -3.38. The summed E-state index contributed by atoms with van der Waals surface area (Å²) in [6.45, 7) is 1.52. The molecule has 0 saturated carbocycles. The summed E-state index contributed by atoms with van der Waals surface area (Å²) in [6.07, 6.45) is 3.18. The van der Waals surface area contributed by atoms with Gasteiger partial charge in [-0.2, -0.15) is 0 Å². The highest BCUT2D eigenvalue weighted by molar-refractivity contribution is 7.92. The van der Waals surface area contributed by atoms with Crippen molar-refractivity contribution in [3.05, 3.63) is 64.7 Å². The monoisotopic (exact) mass is 387 g/mol. The van der Waals surface area contributed by atoms with Gasteiger partial charge >= 0.3 is 5.97 Å². The lowest BCUT2D eigenvalue weighted by Crippen LogP contribution is -2.24. The lowest BCUT2D eigenvalue weighted by atomic mass is 10.1. The third kappa shape index (κ3) is 4.74. The summed E-state index contributed by atoms with van der Waals surface area (Å²) in [6, 6.07) is 11.5. The smallest absolute Gasteiger partial charge is 0.338 e. The van der Waals surface area contributed by atoms with E-state index >= 15 is 0 Å². The molecule has 27 heavy (non-hydrogen) atoms. The van der Waals surface area contributed by atoms with E-state index in [9.17, 15) is 18.0 Å². The van der Waals surface area contributed by atoms with Gasteiger partial charge in [-0.15, -0.1) is 0 Å². The van der Waals surface area contributed by atoms with Gasteiger partial charge in [0, 0.05) is 11.3 Å². The fraction of sp³-hybridized carbons (Fsp3) is 0.300. The van der Waals surface area contributed by atoms with Gasteiger partial charge in [0.05, 0.1) is 11.8 Å². The van der Waals surface area contributed by atoms with Crippen LogP contribution < -0.4 is 4.72 Å². The molecule has 0 spiro atoms. The summed E-state index contributed by atoms with van der Waals surface area (Å²) in [4.78, 5) is 24.8. The molecule has 0 unspecified atom stereocenters. The Morgan fingerprint density at radius 1 is 1.00 bits per heavy atom. The lowest BCUT2D eigenvalue weighted by molar-refractivity contribution is 0.0318. The average Bonchev–Trinajstić information content (AvgIpc) is 3.08. The molecule has 1 N–H and O–H groups in total. The largest absolute Gasteiger partial charge is 0.451 e. The molecule has 0 radical (unpaired) electrons. The van der Waals surface area contributed by atoms with Crippen LogP contribution in [-0.2, 0) is 27.6 Å². The first-order valence-corrected chi connectivity index (χ1v) is 10.6. The molecule has 142 valence electrons. The average molecular weight is 387 g/mol. The second-order valence-electron chi connectivity index (χ2n) is 6.70. The normalized spacial score (nSPS) is 14.3. The number of sulfonamides is 1. The van der Waals surface area contributed by atoms with Gasteiger partial charge in [0.25, 0.3) is 0 Å². The Morgan fingerprint density at radius 3 is 2.30 bits per heavy atom. The number of hydrogen-bond acceptors (Lipinski definition) is 5. The van der Waals surface area contributed by atoms with Gasteiger partial charge in [0.1, 0.15) is 0 Å². The van der Waals surface area contributed by atoms with Crippen molar-refractivity contribution in [2.24, 2.45) is 0 Å². The number of anilines is 1. The van der Waals surface area contributed by atoms with E-state index in [1.165, 1.54) is 36.8 Å². The number of carbonyl (C=O) groups is 2. The maximum absolute atomic E-state index is 12.5. The maximum atomic E-state index is 12.5. The van der Waals surface area contributed by atoms with Crippen LogP contribution in [0.15, 0.2) is 42.5 Å². The fourth-order valence-electron chi connectivity index (χ4n) is 3.13. The van der Waals surface area contributed by atoms with Crippen molar-refractivity contribution < 1.29 is 22.7 Å². The van der Waals surface area contributed by atoms with Crippen molar-refractivity contribution in [3.63, 3.8) is 0 Å². The number of rotatable bonds is 6. The van der Waals surface area contributed by atoms with E-state index in [2.05, 4.69) is 4.72 Å². The standard InChI is InChI=1S/C20H21NO5S/c1-13(19(22)15-8-10-18(11-9-15)21-27(2,24)25)26-20(23)17-7-6-14-4-3-5-16(14)12-17/h6-13,21H,3-5H2,1-2H3/t13-/m0/s1. The molecule has 6 nitrogen and oxygen atoms in total. The van der Waals surface area contributed by atoms with Crippen molar-refractivity contribution in [2.45, 2.75) is 32.3 Å². The summed E-state index contributed by atoms with van der Waals surface area (Å²) in [5.74, 6) is -0.878. The second kappa shape index (κ2) is 7.52. The van der Waals surface area contributed by atoms with E-state index in [1.807, 2.05) is 12.1 Å². The van der Waals surface area contributed by atoms with Crippen LogP contribution in [0.2, 0.25) is 0 Å². The molecule has 1 aliphatic rings. The predicted octanol–water partition coefficient (Wildman–Crippen LogP) is 2.98. The highest BCUT2D eigenvalue weighted by Gasteiger charge is 2.22. The minimum Gasteiger partial charge on any atom is -0.451 e. The number of fused-ring (bicyclic) bond motifs is 1. The van der Waals surface area contributed by atoms with Crippen molar-refractivity contribution in [1.29, 1.82) is 0 Å². The Labute approximate surface area is 158 Å². The Balaban J connectivity index is 1.65. The maximum Gasteiger partial charge on any atom is 0.338 e. The molecule has 1 aliphatic carbocycles. The van der Waals surface area contributed by atoms with Crippen LogP contribution in [0.1, 0.15) is 45.2 Å². The zero-order valence-electron chi connectivity index (χ0n) is 15.2. The highest BCUT2D eigenvalue weighted by atomic mass is 32.2. The molecule has 7 heteroatoms. The van der Waals surface area contributed by atoms with Crippen LogP contribution in [0.25, 0.3) is 0 Å². The molecule has 0 aliphatic heterocycles. The minimum absolute atomic E-state index is 0.336. The minimum atomic E-state index is -3.38.